The summed E-state index contributed by atoms with van der Waals surface area (Å²) < 4.78 is 5.18. The molecule has 2 aliphatic heterocycles. The van der Waals surface area contributed by atoms with Gasteiger partial charge in [0.1, 0.15) is 6.17 Å². The Balaban J connectivity index is 1.86. The number of ether oxygens (including phenoxy) is 1. The van der Waals surface area contributed by atoms with Gasteiger partial charge in [-0.25, -0.2) is 0 Å². The number of rotatable bonds is 2. The van der Waals surface area contributed by atoms with E-state index in [2.05, 4.69) is 15.4 Å². The fourth-order valence-corrected chi connectivity index (χ4v) is 3.51. The highest BCUT2D eigenvalue weighted by Crippen LogP contribution is 2.40. The molecule has 2 aromatic carbocycles. The van der Waals surface area contributed by atoms with Gasteiger partial charge in [-0.15, -0.1) is 0 Å². The minimum atomic E-state index is -0.393. The van der Waals surface area contributed by atoms with E-state index < -0.39 is 6.17 Å². The molecule has 1 amide bonds. The van der Waals surface area contributed by atoms with Crippen LogP contribution in [-0.4, -0.2) is 35.6 Å². The highest BCUT2D eigenvalue weighted by atomic mass is 16.5. The molecule has 7 heteroatoms. The lowest BCUT2D eigenvalue weighted by Crippen LogP contribution is -2.49. The van der Waals surface area contributed by atoms with Gasteiger partial charge in [0.05, 0.1) is 24.1 Å². The lowest BCUT2D eigenvalue weighted by Gasteiger charge is -2.42. The fourth-order valence-electron chi connectivity index (χ4n) is 3.51. The molecule has 128 valence electrons. The van der Waals surface area contributed by atoms with Gasteiger partial charge in [-0.1, -0.05) is 23.4 Å². The van der Waals surface area contributed by atoms with Crippen LogP contribution in [0.15, 0.2) is 41.6 Å². The zero-order valence-corrected chi connectivity index (χ0v) is 13.6. The lowest BCUT2D eigenvalue weighted by atomic mass is 9.92. The van der Waals surface area contributed by atoms with Crippen molar-refractivity contribution in [3.63, 3.8) is 0 Å². The average Bonchev–Trinajstić information content (AvgIpc) is 2.65. The van der Waals surface area contributed by atoms with Crippen LogP contribution < -0.4 is 15.0 Å². The normalized spacial score (nSPS) is 20.2. The van der Waals surface area contributed by atoms with Crippen LogP contribution in [-0.2, 0) is 0 Å². The van der Waals surface area contributed by atoms with Gasteiger partial charge in [-0.3, -0.25) is 4.79 Å². The summed E-state index contributed by atoms with van der Waals surface area (Å²) in [6.07, 6.45) is 0.171. The van der Waals surface area contributed by atoms with Crippen molar-refractivity contribution in [1.82, 2.24) is 5.32 Å². The molecule has 25 heavy (non-hydrogen) atoms. The summed E-state index contributed by atoms with van der Waals surface area (Å²) in [6, 6.07) is 10.4. The molecular formula is C18H17N3O4. The molecule has 2 aromatic rings. The second kappa shape index (κ2) is 5.70. The van der Waals surface area contributed by atoms with E-state index in [0.29, 0.717) is 30.0 Å². The van der Waals surface area contributed by atoms with Crippen LogP contribution in [0.25, 0.3) is 0 Å². The number of para-hydroxylation sites is 1. The van der Waals surface area contributed by atoms with Crippen LogP contribution >= 0.6 is 0 Å². The van der Waals surface area contributed by atoms with Crippen molar-refractivity contribution in [1.29, 1.82) is 0 Å². The van der Waals surface area contributed by atoms with Crippen LogP contribution in [0, 0.1) is 0 Å². The number of anilines is 1. The summed E-state index contributed by atoms with van der Waals surface area (Å²) in [5, 5.41) is 25.5. The maximum absolute atomic E-state index is 12.6. The molecule has 0 radical (unpaired) electrons. The molecule has 0 aliphatic carbocycles. The summed E-state index contributed by atoms with van der Waals surface area (Å²) in [6.45, 7) is 0.595. The molecule has 0 saturated heterocycles. The summed E-state index contributed by atoms with van der Waals surface area (Å²) >= 11 is 0. The molecule has 1 atom stereocenters. The Bertz CT molecular complexity index is 894. The summed E-state index contributed by atoms with van der Waals surface area (Å²) in [5.74, 6) is 0.201. The Kier molecular flexibility index (Phi) is 3.49. The van der Waals surface area contributed by atoms with Gasteiger partial charge in [-0.05, 0) is 23.8 Å². The Labute approximate surface area is 144 Å². The number of nitrogens with one attached hydrogen (secondary N) is 1. The van der Waals surface area contributed by atoms with Crippen LogP contribution in [0.5, 0.6) is 11.5 Å². The maximum Gasteiger partial charge on any atom is 0.255 e. The second-order valence-electron chi connectivity index (χ2n) is 6.00. The van der Waals surface area contributed by atoms with Crippen LogP contribution in [0.1, 0.15) is 34.1 Å². The van der Waals surface area contributed by atoms with Crippen molar-refractivity contribution in [2.75, 3.05) is 18.6 Å². The number of carbonyl (C=O) groups is 1. The minimum absolute atomic E-state index is 0.0443. The first-order valence-corrected chi connectivity index (χ1v) is 7.92. The van der Waals surface area contributed by atoms with Gasteiger partial charge >= 0.3 is 0 Å². The van der Waals surface area contributed by atoms with Crippen LogP contribution in [0.4, 0.5) is 5.69 Å². The van der Waals surface area contributed by atoms with Gasteiger partial charge in [0, 0.05) is 18.5 Å². The zero-order chi connectivity index (χ0) is 17.6. The van der Waals surface area contributed by atoms with E-state index in [9.17, 15) is 15.1 Å². The Hall–Kier alpha value is -3.22. The molecule has 1 unspecified atom stereocenters. The van der Waals surface area contributed by atoms with E-state index in [1.165, 1.54) is 7.11 Å². The van der Waals surface area contributed by atoms with E-state index >= 15 is 0 Å². The first-order valence-electron chi connectivity index (χ1n) is 7.92. The summed E-state index contributed by atoms with van der Waals surface area (Å²) in [4.78, 5) is 14.7. The third-order valence-electron chi connectivity index (χ3n) is 4.69. The molecule has 7 nitrogen and oxygen atoms in total. The number of oxime groups is 1. The fraction of sp³-hybridized carbons (Fsp3) is 0.222. The van der Waals surface area contributed by atoms with E-state index in [1.807, 2.05) is 6.07 Å². The van der Waals surface area contributed by atoms with Crippen molar-refractivity contribution in [3.8, 4) is 11.5 Å². The number of amides is 1. The van der Waals surface area contributed by atoms with Crippen LogP contribution in [0.3, 0.4) is 0 Å². The quantitative estimate of drug-likeness (QED) is 0.576. The Morgan fingerprint density at radius 3 is 2.84 bits per heavy atom. The maximum atomic E-state index is 12.6. The first kappa shape index (κ1) is 15.3. The minimum Gasteiger partial charge on any atom is -0.504 e. The van der Waals surface area contributed by atoms with Crippen molar-refractivity contribution >= 4 is 17.3 Å². The molecule has 4 rings (SSSR count). The number of hydrogen-bond donors (Lipinski definition) is 3. The topological polar surface area (TPSA) is 94.4 Å². The molecule has 0 saturated carbocycles. The SMILES string of the molecule is COc1cc(C2NC(=O)c3cccc4c3N2CCC4=NO)ccc1O. The molecule has 0 bridgehead atoms. The largest absolute Gasteiger partial charge is 0.504 e. The zero-order valence-electron chi connectivity index (χ0n) is 13.6. The monoisotopic (exact) mass is 339 g/mol. The molecule has 0 aromatic heterocycles. The highest BCUT2D eigenvalue weighted by molar-refractivity contribution is 6.13. The number of carbonyl (C=O) groups excluding carboxylic acids is 1. The third-order valence-corrected chi connectivity index (χ3v) is 4.69. The Morgan fingerprint density at radius 1 is 1.28 bits per heavy atom. The molecule has 2 heterocycles. The van der Waals surface area contributed by atoms with Gasteiger partial charge in [-0.2, -0.15) is 0 Å². The number of methoxy groups -OCH3 is 1. The van der Waals surface area contributed by atoms with E-state index in [1.54, 1.807) is 30.3 Å². The van der Waals surface area contributed by atoms with E-state index in [4.69, 9.17) is 4.74 Å². The average molecular weight is 339 g/mol. The van der Waals surface area contributed by atoms with Crippen molar-refractivity contribution in [3.05, 3.63) is 53.1 Å². The van der Waals surface area contributed by atoms with Gasteiger partial charge < -0.3 is 25.3 Å². The third kappa shape index (κ3) is 2.27. The van der Waals surface area contributed by atoms with Gasteiger partial charge in [0.25, 0.3) is 5.91 Å². The number of benzene rings is 2. The van der Waals surface area contributed by atoms with Crippen LogP contribution in [0.2, 0.25) is 0 Å². The number of phenolic OH excluding ortho intramolecular Hbond substituents is 1. The summed E-state index contributed by atoms with van der Waals surface area (Å²) in [5.41, 5.74) is 3.46. The van der Waals surface area contributed by atoms with E-state index in [-0.39, 0.29) is 11.7 Å². The summed E-state index contributed by atoms with van der Waals surface area (Å²) in [7, 11) is 1.48. The predicted octanol–water partition coefficient (Wildman–Crippen LogP) is 2.23. The predicted molar refractivity (Wildman–Crippen MR) is 91.6 cm³/mol. The number of hydrogen-bond acceptors (Lipinski definition) is 6. The smallest absolute Gasteiger partial charge is 0.255 e. The second-order valence-corrected chi connectivity index (χ2v) is 6.00. The van der Waals surface area contributed by atoms with Crippen molar-refractivity contribution in [2.45, 2.75) is 12.6 Å². The first-order chi connectivity index (χ1) is 12.1. The number of nitrogens with zero attached hydrogens (tertiary/aromatic N) is 2. The molecule has 0 spiro atoms. The lowest BCUT2D eigenvalue weighted by molar-refractivity contribution is 0.0926. The van der Waals surface area contributed by atoms with Crippen molar-refractivity contribution < 1.29 is 19.8 Å². The van der Waals surface area contributed by atoms with E-state index in [0.717, 1.165) is 16.8 Å². The van der Waals surface area contributed by atoms with Gasteiger partial charge in [0.2, 0.25) is 0 Å². The standard InChI is InChI=1S/C18H17N3O4/c1-25-15-9-10(5-6-14(15)22)17-19-18(23)12-4-2-3-11-13(20-24)7-8-21(17)16(11)12/h2-6,9,17,22,24H,7-8H2,1H3,(H,19,23). The molecule has 3 N–H and O–H groups in total. The Morgan fingerprint density at radius 2 is 2.08 bits per heavy atom. The molecular weight excluding hydrogens is 322 g/mol. The molecule has 2 aliphatic rings. The number of phenols is 1. The highest BCUT2D eigenvalue weighted by Gasteiger charge is 2.37. The van der Waals surface area contributed by atoms with Crippen molar-refractivity contribution in [2.24, 2.45) is 5.16 Å². The number of aromatic hydroxyl groups is 1. The molecule has 0 fully saturated rings. The van der Waals surface area contributed by atoms with Gasteiger partial charge in [0.15, 0.2) is 11.5 Å².